The Morgan fingerprint density at radius 3 is 2.05 bits per heavy atom. The van der Waals surface area contributed by atoms with Gasteiger partial charge in [-0.2, -0.15) is 4.98 Å². The number of rotatable bonds is 2. The van der Waals surface area contributed by atoms with Gasteiger partial charge in [-0.3, -0.25) is 0 Å². The lowest BCUT2D eigenvalue weighted by Crippen LogP contribution is -1.92. The molecule has 0 aliphatic rings. The Bertz CT molecular complexity index is 845. The van der Waals surface area contributed by atoms with Crippen LogP contribution >= 0.6 is 0 Å². The summed E-state index contributed by atoms with van der Waals surface area (Å²) in [5.74, 6) is 1.29. The normalized spacial score (nSPS) is 10.9. The predicted molar refractivity (Wildman–Crippen MR) is 81.7 cm³/mol. The highest BCUT2D eigenvalue weighted by Crippen LogP contribution is 2.19. The van der Waals surface area contributed by atoms with E-state index in [1.165, 1.54) is 0 Å². The van der Waals surface area contributed by atoms with Crippen molar-refractivity contribution in [1.82, 2.24) is 19.6 Å². The van der Waals surface area contributed by atoms with Crippen molar-refractivity contribution in [3.05, 3.63) is 72.9 Å². The van der Waals surface area contributed by atoms with Gasteiger partial charge in [0.1, 0.15) is 0 Å². The van der Waals surface area contributed by atoms with Gasteiger partial charge in [-0.05, 0) is 6.07 Å². The van der Waals surface area contributed by atoms with Crippen molar-refractivity contribution in [1.29, 1.82) is 0 Å². The molecule has 2 aromatic heterocycles. The molecule has 100 valence electrons. The van der Waals surface area contributed by atoms with E-state index in [-0.39, 0.29) is 0 Å². The van der Waals surface area contributed by atoms with Gasteiger partial charge in [0.15, 0.2) is 5.82 Å². The second kappa shape index (κ2) is 4.83. The van der Waals surface area contributed by atoms with E-state index in [0.717, 1.165) is 16.8 Å². The number of nitrogens with zero attached hydrogens (tertiary/aromatic N) is 4. The average molecular weight is 272 g/mol. The molecule has 0 atom stereocenters. The van der Waals surface area contributed by atoms with E-state index in [2.05, 4.69) is 15.1 Å². The summed E-state index contributed by atoms with van der Waals surface area (Å²) in [6, 6.07) is 21.9. The van der Waals surface area contributed by atoms with Crippen molar-refractivity contribution >= 4 is 5.78 Å². The zero-order valence-electron chi connectivity index (χ0n) is 11.2. The molecule has 0 bridgehead atoms. The minimum Gasteiger partial charge on any atom is -0.211 e. The van der Waals surface area contributed by atoms with E-state index in [1.54, 1.807) is 4.52 Å². The smallest absolute Gasteiger partial charge is 0.211 e. The molecular formula is C17H12N4. The van der Waals surface area contributed by atoms with Crippen molar-refractivity contribution in [2.24, 2.45) is 0 Å². The molecular weight excluding hydrogens is 260 g/mol. The second-order valence-corrected chi connectivity index (χ2v) is 4.72. The first-order valence-electron chi connectivity index (χ1n) is 6.74. The van der Waals surface area contributed by atoms with Crippen LogP contribution in [0.15, 0.2) is 72.9 Å². The van der Waals surface area contributed by atoms with Crippen molar-refractivity contribution in [3.63, 3.8) is 0 Å². The van der Waals surface area contributed by atoms with Gasteiger partial charge in [0, 0.05) is 17.3 Å². The first-order valence-corrected chi connectivity index (χ1v) is 6.74. The molecule has 0 aliphatic heterocycles. The van der Waals surface area contributed by atoms with Crippen molar-refractivity contribution < 1.29 is 0 Å². The van der Waals surface area contributed by atoms with Gasteiger partial charge in [0.25, 0.3) is 5.78 Å². The van der Waals surface area contributed by atoms with Gasteiger partial charge in [-0.15, -0.1) is 5.10 Å². The average Bonchev–Trinajstić information content (AvgIpc) is 2.99. The molecule has 0 unspecified atom stereocenters. The van der Waals surface area contributed by atoms with Crippen LogP contribution in [0.2, 0.25) is 0 Å². The predicted octanol–water partition coefficient (Wildman–Crippen LogP) is 3.46. The van der Waals surface area contributed by atoms with Crippen LogP contribution in [0.3, 0.4) is 0 Å². The zero-order chi connectivity index (χ0) is 14.1. The van der Waals surface area contributed by atoms with Crippen LogP contribution in [0, 0.1) is 0 Å². The summed E-state index contributed by atoms with van der Waals surface area (Å²) in [5, 5.41) is 4.46. The van der Waals surface area contributed by atoms with E-state index < -0.39 is 0 Å². The van der Waals surface area contributed by atoms with Crippen LogP contribution in [0.5, 0.6) is 0 Å². The van der Waals surface area contributed by atoms with E-state index in [0.29, 0.717) is 11.6 Å². The molecule has 0 N–H and O–H groups in total. The fourth-order valence-corrected chi connectivity index (χ4v) is 2.26. The molecule has 4 aromatic rings. The third kappa shape index (κ3) is 2.17. The SMILES string of the molecule is c1ccc(-c2ccn3nc(-c4ccccc4)nc3n2)cc1. The van der Waals surface area contributed by atoms with Gasteiger partial charge in [0.2, 0.25) is 0 Å². The minimum absolute atomic E-state index is 0.607. The molecule has 2 aromatic carbocycles. The third-order valence-corrected chi connectivity index (χ3v) is 3.31. The summed E-state index contributed by atoms with van der Waals surface area (Å²) in [6.07, 6.45) is 1.89. The minimum atomic E-state index is 0.607. The van der Waals surface area contributed by atoms with Gasteiger partial charge in [-0.25, -0.2) is 9.50 Å². The van der Waals surface area contributed by atoms with Gasteiger partial charge < -0.3 is 0 Å². The molecule has 0 saturated heterocycles. The first-order chi connectivity index (χ1) is 10.4. The van der Waals surface area contributed by atoms with Crippen LogP contribution in [0.25, 0.3) is 28.4 Å². The molecule has 0 aliphatic carbocycles. The molecule has 4 nitrogen and oxygen atoms in total. The van der Waals surface area contributed by atoms with Gasteiger partial charge in [-0.1, -0.05) is 60.7 Å². The lowest BCUT2D eigenvalue weighted by atomic mass is 10.1. The number of hydrogen-bond donors (Lipinski definition) is 0. The van der Waals surface area contributed by atoms with Crippen LogP contribution < -0.4 is 0 Å². The monoisotopic (exact) mass is 272 g/mol. The molecule has 21 heavy (non-hydrogen) atoms. The van der Waals surface area contributed by atoms with Crippen LogP contribution in [-0.4, -0.2) is 19.6 Å². The van der Waals surface area contributed by atoms with Crippen LogP contribution in [0.1, 0.15) is 0 Å². The zero-order valence-corrected chi connectivity index (χ0v) is 11.2. The number of fused-ring (bicyclic) bond motifs is 1. The molecule has 0 amide bonds. The summed E-state index contributed by atoms with van der Waals surface area (Å²) in [5.41, 5.74) is 2.96. The van der Waals surface area contributed by atoms with Crippen molar-refractivity contribution in [2.75, 3.05) is 0 Å². The highest BCUT2D eigenvalue weighted by molar-refractivity contribution is 5.62. The van der Waals surface area contributed by atoms with Crippen LogP contribution in [0.4, 0.5) is 0 Å². The van der Waals surface area contributed by atoms with E-state index in [4.69, 9.17) is 0 Å². The summed E-state index contributed by atoms with van der Waals surface area (Å²) < 4.78 is 1.70. The van der Waals surface area contributed by atoms with Gasteiger partial charge in [0.05, 0.1) is 5.69 Å². The highest BCUT2D eigenvalue weighted by atomic mass is 15.3. The summed E-state index contributed by atoms with van der Waals surface area (Å²) >= 11 is 0. The standard InChI is InChI=1S/C17H12N4/c1-3-7-13(8-4-1)15-11-12-21-17(18-15)19-16(20-21)14-9-5-2-6-10-14/h1-12H. The summed E-state index contributed by atoms with van der Waals surface area (Å²) in [6.45, 7) is 0. The molecule has 0 spiro atoms. The largest absolute Gasteiger partial charge is 0.253 e. The number of aromatic nitrogens is 4. The molecule has 4 rings (SSSR count). The number of benzene rings is 2. The summed E-state index contributed by atoms with van der Waals surface area (Å²) in [7, 11) is 0. The van der Waals surface area contributed by atoms with Crippen molar-refractivity contribution in [2.45, 2.75) is 0 Å². The maximum Gasteiger partial charge on any atom is 0.253 e. The Morgan fingerprint density at radius 2 is 1.33 bits per heavy atom. The molecule has 4 heteroatoms. The molecule has 2 heterocycles. The molecule has 0 saturated carbocycles. The second-order valence-electron chi connectivity index (χ2n) is 4.72. The fourth-order valence-electron chi connectivity index (χ4n) is 2.26. The highest BCUT2D eigenvalue weighted by Gasteiger charge is 2.08. The molecule has 0 fully saturated rings. The maximum atomic E-state index is 4.58. The Hall–Kier alpha value is -3.01. The first kappa shape index (κ1) is 11.8. The maximum absolute atomic E-state index is 4.58. The van der Waals surface area contributed by atoms with E-state index in [9.17, 15) is 0 Å². The Balaban J connectivity index is 1.82. The topological polar surface area (TPSA) is 43.1 Å². The molecule has 0 radical (unpaired) electrons. The Morgan fingerprint density at radius 1 is 0.667 bits per heavy atom. The number of hydrogen-bond acceptors (Lipinski definition) is 3. The lowest BCUT2D eigenvalue weighted by Gasteiger charge is -1.99. The summed E-state index contributed by atoms with van der Waals surface area (Å²) in [4.78, 5) is 9.09. The fraction of sp³-hybridized carbons (Fsp3) is 0. The van der Waals surface area contributed by atoms with Gasteiger partial charge >= 0.3 is 0 Å². The Labute approximate surface area is 121 Å². The quantitative estimate of drug-likeness (QED) is 0.561. The van der Waals surface area contributed by atoms with Crippen molar-refractivity contribution in [3.8, 4) is 22.6 Å². The third-order valence-electron chi connectivity index (χ3n) is 3.31. The van der Waals surface area contributed by atoms with E-state index >= 15 is 0 Å². The Kier molecular flexibility index (Phi) is 2.71. The van der Waals surface area contributed by atoms with E-state index in [1.807, 2.05) is 72.9 Å². The van der Waals surface area contributed by atoms with Crippen LogP contribution in [-0.2, 0) is 0 Å². The lowest BCUT2D eigenvalue weighted by molar-refractivity contribution is 0.944.